The van der Waals surface area contributed by atoms with Crippen molar-refractivity contribution in [3.8, 4) is 28.0 Å². The van der Waals surface area contributed by atoms with Gasteiger partial charge in [-0.3, -0.25) is 0 Å². The van der Waals surface area contributed by atoms with Crippen molar-refractivity contribution in [1.82, 2.24) is 19.5 Å². The zero-order valence-corrected chi connectivity index (χ0v) is 21.4. The van der Waals surface area contributed by atoms with Crippen molar-refractivity contribution in [1.29, 1.82) is 0 Å². The molecule has 0 atom stereocenters. The van der Waals surface area contributed by atoms with Crippen molar-refractivity contribution in [3.05, 3.63) is 59.4 Å². The van der Waals surface area contributed by atoms with Gasteiger partial charge in [-0.1, -0.05) is 23.7 Å². The molecule has 0 radical (unpaired) electrons. The maximum Gasteiger partial charge on any atom is 0.165 e. The fourth-order valence-corrected chi connectivity index (χ4v) is 5.26. The highest BCUT2D eigenvalue weighted by Gasteiger charge is 2.23. The molecule has 2 N–H and O–H groups in total. The standard InChI is InChI=1S/C27H31ClN6O/c1-17-25(18-6-5-7-19(28)14-18)26(29)34-27(31-17)23(16-30-34)22-15-21(8-9-24(22)35-4)33-12-10-20(11-13-33)32(2)3/h5-9,14-16,20H,10-13,29H2,1-4H3. The number of nitrogen functional groups attached to an aromatic ring is 1. The van der Waals surface area contributed by atoms with Crippen LogP contribution < -0.4 is 15.4 Å². The average Bonchev–Trinajstić information content (AvgIpc) is 3.27. The number of benzene rings is 2. The fraction of sp³-hybridized carbons (Fsp3) is 0.333. The number of nitrogens with two attached hydrogens (primary N) is 1. The maximum absolute atomic E-state index is 6.62. The number of fused-ring (bicyclic) bond motifs is 1. The lowest BCUT2D eigenvalue weighted by Gasteiger charge is -2.36. The van der Waals surface area contributed by atoms with Crippen LogP contribution in [0.5, 0.6) is 5.75 Å². The predicted octanol–water partition coefficient (Wildman–Crippen LogP) is 5.15. The first-order chi connectivity index (χ1) is 16.9. The number of hydrogen-bond acceptors (Lipinski definition) is 6. The summed E-state index contributed by atoms with van der Waals surface area (Å²) in [6.45, 7) is 4.01. The number of hydrogen-bond donors (Lipinski definition) is 1. The van der Waals surface area contributed by atoms with E-state index in [0.717, 1.165) is 59.6 Å². The Kier molecular flexibility index (Phi) is 6.30. The Morgan fingerprint density at radius 2 is 1.86 bits per heavy atom. The van der Waals surface area contributed by atoms with Gasteiger partial charge in [0.2, 0.25) is 0 Å². The molecule has 1 fully saturated rings. The maximum atomic E-state index is 6.62. The third-order valence-electron chi connectivity index (χ3n) is 7.01. The van der Waals surface area contributed by atoms with Crippen molar-refractivity contribution >= 4 is 28.8 Å². The van der Waals surface area contributed by atoms with E-state index in [-0.39, 0.29) is 0 Å². The SMILES string of the molecule is COc1ccc(N2CCC(N(C)C)CC2)cc1-c1cnn2c(N)c(-c3cccc(Cl)c3)c(C)nc12. The van der Waals surface area contributed by atoms with Crippen LogP contribution >= 0.6 is 11.6 Å². The van der Waals surface area contributed by atoms with Gasteiger partial charge in [-0.05, 0) is 69.8 Å². The van der Waals surface area contributed by atoms with Crippen LogP contribution in [0.25, 0.3) is 27.9 Å². The molecule has 3 heterocycles. The molecule has 8 heteroatoms. The van der Waals surface area contributed by atoms with E-state index < -0.39 is 0 Å². The number of piperidine rings is 1. The van der Waals surface area contributed by atoms with E-state index in [1.54, 1.807) is 11.6 Å². The lowest BCUT2D eigenvalue weighted by molar-refractivity contribution is 0.249. The van der Waals surface area contributed by atoms with Gasteiger partial charge in [-0.25, -0.2) is 4.98 Å². The van der Waals surface area contributed by atoms with E-state index in [0.29, 0.717) is 22.5 Å². The summed E-state index contributed by atoms with van der Waals surface area (Å²) >= 11 is 6.23. The first-order valence-corrected chi connectivity index (χ1v) is 12.2. The normalized spacial score (nSPS) is 14.7. The van der Waals surface area contributed by atoms with Crippen molar-refractivity contribution in [2.24, 2.45) is 0 Å². The molecule has 1 aliphatic rings. The van der Waals surface area contributed by atoms with Crippen LogP contribution in [0.1, 0.15) is 18.5 Å². The molecule has 0 saturated carbocycles. The van der Waals surface area contributed by atoms with Gasteiger partial charge in [0.25, 0.3) is 0 Å². The van der Waals surface area contributed by atoms with E-state index in [1.165, 1.54) is 5.69 Å². The van der Waals surface area contributed by atoms with Crippen LogP contribution in [-0.4, -0.2) is 59.8 Å². The number of methoxy groups -OCH3 is 1. The topological polar surface area (TPSA) is 71.9 Å². The Morgan fingerprint density at radius 1 is 1.09 bits per heavy atom. The van der Waals surface area contributed by atoms with Crippen molar-refractivity contribution < 1.29 is 4.74 Å². The Balaban J connectivity index is 1.57. The number of ether oxygens (including phenoxy) is 1. The van der Waals surface area contributed by atoms with Crippen LogP contribution in [-0.2, 0) is 0 Å². The molecule has 1 saturated heterocycles. The number of aromatic nitrogens is 3. The van der Waals surface area contributed by atoms with Crippen LogP contribution in [0.15, 0.2) is 48.7 Å². The molecule has 2 aromatic carbocycles. The van der Waals surface area contributed by atoms with Crippen molar-refractivity contribution in [3.63, 3.8) is 0 Å². The van der Waals surface area contributed by atoms with Crippen LogP contribution in [0.2, 0.25) is 5.02 Å². The van der Waals surface area contributed by atoms with E-state index in [4.69, 9.17) is 27.1 Å². The minimum Gasteiger partial charge on any atom is -0.496 e. The summed E-state index contributed by atoms with van der Waals surface area (Å²) in [4.78, 5) is 9.70. The van der Waals surface area contributed by atoms with Gasteiger partial charge < -0.3 is 20.3 Å². The molecule has 5 rings (SSSR count). The monoisotopic (exact) mass is 490 g/mol. The second-order valence-corrected chi connectivity index (χ2v) is 9.76. The molecule has 7 nitrogen and oxygen atoms in total. The number of aryl methyl sites for hydroxylation is 1. The third kappa shape index (κ3) is 4.30. The summed E-state index contributed by atoms with van der Waals surface area (Å²) in [5.41, 5.74) is 12.9. The largest absolute Gasteiger partial charge is 0.496 e. The van der Waals surface area contributed by atoms with Gasteiger partial charge >= 0.3 is 0 Å². The van der Waals surface area contributed by atoms with E-state index in [9.17, 15) is 0 Å². The summed E-state index contributed by atoms with van der Waals surface area (Å²) < 4.78 is 7.44. The molecule has 0 bridgehead atoms. The third-order valence-corrected chi connectivity index (χ3v) is 7.25. The second-order valence-electron chi connectivity index (χ2n) is 9.33. The van der Waals surface area contributed by atoms with Crippen molar-refractivity contribution in [2.45, 2.75) is 25.8 Å². The van der Waals surface area contributed by atoms with Gasteiger partial charge in [-0.2, -0.15) is 9.61 Å². The lowest BCUT2D eigenvalue weighted by Crippen LogP contribution is -2.41. The predicted molar refractivity (Wildman–Crippen MR) is 143 cm³/mol. The minimum atomic E-state index is 0.530. The zero-order chi connectivity index (χ0) is 24.7. The fourth-order valence-electron chi connectivity index (χ4n) is 5.07. The van der Waals surface area contributed by atoms with Gasteiger partial charge in [0.1, 0.15) is 11.6 Å². The summed E-state index contributed by atoms with van der Waals surface area (Å²) in [7, 11) is 6.02. The summed E-state index contributed by atoms with van der Waals surface area (Å²) in [5.74, 6) is 1.31. The highest BCUT2D eigenvalue weighted by atomic mass is 35.5. The Bertz CT molecular complexity index is 1370. The van der Waals surface area contributed by atoms with Crippen LogP contribution in [0, 0.1) is 6.92 Å². The molecular formula is C27H31ClN6O. The molecule has 182 valence electrons. The Labute approximate surface area is 211 Å². The first-order valence-electron chi connectivity index (χ1n) is 11.9. The second kappa shape index (κ2) is 9.40. The molecule has 0 amide bonds. The van der Waals surface area contributed by atoms with Gasteiger partial charge in [0.05, 0.1) is 24.6 Å². The lowest BCUT2D eigenvalue weighted by atomic mass is 10.0. The van der Waals surface area contributed by atoms with Gasteiger partial charge in [0.15, 0.2) is 5.65 Å². The minimum absolute atomic E-state index is 0.530. The van der Waals surface area contributed by atoms with Crippen LogP contribution in [0.4, 0.5) is 11.5 Å². The van der Waals surface area contributed by atoms with Crippen LogP contribution in [0.3, 0.4) is 0 Å². The quantitative estimate of drug-likeness (QED) is 0.417. The molecule has 35 heavy (non-hydrogen) atoms. The molecule has 1 aliphatic heterocycles. The molecule has 0 spiro atoms. The average molecular weight is 491 g/mol. The van der Waals surface area contributed by atoms with E-state index >= 15 is 0 Å². The Hall–Kier alpha value is -3.29. The molecule has 0 aliphatic carbocycles. The summed E-state index contributed by atoms with van der Waals surface area (Å²) in [6.07, 6.45) is 4.11. The molecule has 2 aromatic heterocycles. The number of anilines is 2. The number of rotatable bonds is 5. The molecule has 4 aromatic rings. The summed E-state index contributed by atoms with van der Waals surface area (Å²) in [5, 5.41) is 5.26. The van der Waals surface area contributed by atoms with Gasteiger partial charge in [-0.15, -0.1) is 0 Å². The summed E-state index contributed by atoms with van der Waals surface area (Å²) in [6, 6.07) is 14.6. The van der Waals surface area contributed by atoms with E-state index in [2.05, 4.69) is 41.1 Å². The Morgan fingerprint density at radius 3 is 2.54 bits per heavy atom. The van der Waals surface area contributed by atoms with E-state index in [1.807, 2.05) is 43.5 Å². The highest BCUT2D eigenvalue weighted by Crippen LogP contribution is 2.38. The molecule has 0 unspecified atom stereocenters. The van der Waals surface area contributed by atoms with Crippen molar-refractivity contribution in [2.75, 3.05) is 44.9 Å². The first kappa shape index (κ1) is 23.5. The smallest absolute Gasteiger partial charge is 0.165 e. The molecular weight excluding hydrogens is 460 g/mol. The zero-order valence-electron chi connectivity index (χ0n) is 20.6. The highest BCUT2D eigenvalue weighted by molar-refractivity contribution is 6.30. The number of halogens is 1. The number of nitrogens with zero attached hydrogens (tertiary/aromatic N) is 5. The van der Waals surface area contributed by atoms with Gasteiger partial charge in [0, 0.05) is 41.0 Å².